The second kappa shape index (κ2) is 11.5. The zero-order valence-electron chi connectivity index (χ0n) is 19.5. The molecule has 1 heterocycles. The summed E-state index contributed by atoms with van der Waals surface area (Å²) in [6.45, 7) is 0. The third-order valence-electron chi connectivity index (χ3n) is 6.18. The lowest BCUT2D eigenvalue weighted by molar-refractivity contribution is -0.141. The minimum absolute atomic E-state index is 0.246. The molecule has 0 saturated heterocycles. The Bertz CT molecular complexity index is 1320. The Morgan fingerprint density at radius 3 is 2.31 bits per heavy atom. The van der Waals surface area contributed by atoms with Gasteiger partial charge in [0.2, 0.25) is 5.91 Å². The number of carboxylic acid groups (broad SMARTS) is 1. The van der Waals surface area contributed by atoms with Crippen LogP contribution in [0.3, 0.4) is 0 Å². The predicted octanol–water partition coefficient (Wildman–Crippen LogP) is 5.92. The summed E-state index contributed by atoms with van der Waals surface area (Å²) < 4.78 is 5.78. The lowest BCUT2D eigenvalue weighted by Crippen LogP contribution is -2.42. The zero-order valence-corrected chi connectivity index (χ0v) is 19.5. The molecule has 6 nitrogen and oxygen atoms in total. The fraction of sp³-hybridized carbons (Fsp3) is 0.276. The first-order chi connectivity index (χ1) is 17.0. The minimum Gasteiger partial charge on any atom is -0.480 e. The average Bonchev–Trinajstić information content (AvgIpc) is 3.24. The van der Waals surface area contributed by atoms with Crippen LogP contribution in [0.5, 0.6) is 0 Å². The predicted molar refractivity (Wildman–Crippen MR) is 135 cm³/mol. The molecule has 0 aliphatic carbocycles. The molecule has 6 heteroatoms. The largest absolute Gasteiger partial charge is 0.480 e. The van der Waals surface area contributed by atoms with E-state index in [0.29, 0.717) is 17.6 Å². The maximum atomic E-state index is 12.8. The monoisotopic (exact) mass is 471 g/mol. The van der Waals surface area contributed by atoms with E-state index >= 15 is 0 Å². The van der Waals surface area contributed by atoms with Gasteiger partial charge >= 0.3 is 5.97 Å². The number of aryl methyl sites for hydroxylation is 1. The Morgan fingerprint density at radius 2 is 1.51 bits per heavy atom. The molecular formula is C29H29NO5. The van der Waals surface area contributed by atoms with Gasteiger partial charge in [-0.05, 0) is 49.1 Å². The molecular weight excluding hydrogens is 442 g/mol. The highest BCUT2D eigenvalue weighted by atomic mass is 16.4. The fourth-order valence-corrected chi connectivity index (χ4v) is 4.28. The van der Waals surface area contributed by atoms with Crippen LogP contribution in [0.25, 0.3) is 21.9 Å². The number of hydrogen-bond acceptors (Lipinski definition) is 4. The number of ketones is 1. The first-order valence-electron chi connectivity index (χ1n) is 12.0. The standard InChI is InChI=1S/C29H29NO5/c31-25(21-16-17-27-23(18-21)22-13-8-9-14-26(22)35-27)19-24(29(33)34)30-28(32)15-7-2-1-4-10-20-11-5-3-6-12-20/h3,5-6,8-9,11-14,16-18,24H,1-2,4,7,10,15,19H2,(H,30,32)(H,33,34). The number of carbonyl (C=O) groups is 3. The SMILES string of the molecule is O=C(CCCCCCc1ccccc1)NC(CC(=O)c1ccc2oc3ccccc3c2c1)C(=O)O. The summed E-state index contributed by atoms with van der Waals surface area (Å²) in [7, 11) is 0. The van der Waals surface area contributed by atoms with Crippen molar-refractivity contribution in [3.63, 3.8) is 0 Å². The van der Waals surface area contributed by atoms with Crippen molar-refractivity contribution in [1.82, 2.24) is 5.32 Å². The molecule has 1 atom stereocenters. The van der Waals surface area contributed by atoms with Crippen molar-refractivity contribution in [2.24, 2.45) is 0 Å². The summed E-state index contributed by atoms with van der Waals surface area (Å²) in [6.07, 6.45) is 4.59. The van der Waals surface area contributed by atoms with Crippen LogP contribution in [-0.4, -0.2) is 28.8 Å². The van der Waals surface area contributed by atoms with Crippen LogP contribution in [0.15, 0.2) is 77.2 Å². The van der Waals surface area contributed by atoms with Crippen LogP contribution < -0.4 is 5.32 Å². The fourth-order valence-electron chi connectivity index (χ4n) is 4.28. The molecule has 1 amide bonds. The number of amides is 1. The zero-order chi connectivity index (χ0) is 24.6. The number of unbranched alkanes of at least 4 members (excludes halogenated alkanes) is 3. The molecule has 0 aliphatic heterocycles. The van der Waals surface area contributed by atoms with E-state index in [-0.39, 0.29) is 24.5 Å². The van der Waals surface area contributed by atoms with Gasteiger partial charge in [0.15, 0.2) is 5.78 Å². The van der Waals surface area contributed by atoms with E-state index < -0.39 is 12.0 Å². The van der Waals surface area contributed by atoms with Gasteiger partial charge in [-0.1, -0.05) is 61.4 Å². The lowest BCUT2D eigenvalue weighted by Gasteiger charge is -2.14. The van der Waals surface area contributed by atoms with Gasteiger partial charge in [-0.2, -0.15) is 0 Å². The Kier molecular flexibility index (Phi) is 7.93. The van der Waals surface area contributed by atoms with E-state index in [0.717, 1.165) is 42.0 Å². The Hall–Kier alpha value is -3.93. The maximum Gasteiger partial charge on any atom is 0.326 e. The normalized spacial score (nSPS) is 12.0. The third kappa shape index (κ3) is 6.35. The van der Waals surface area contributed by atoms with Crippen molar-refractivity contribution < 1.29 is 23.9 Å². The molecule has 0 bridgehead atoms. The summed E-state index contributed by atoms with van der Waals surface area (Å²) in [5.74, 6) is -1.90. The molecule has 180 valence electrons. The molecule has 0 radical (unpaired) electrons. The number of aliphatic carboxylic acids is 1. The highest BCUT2D eigenvalue weighted by Crippen LogP contribution is 2.29. The van der Waals surface area contributed by atoms with E-state index in [1.807, 2.05) is 42.5 Å². The number of furan rings is 1. The van der Waals surface area contributed by atoms with Crippen molar-refractivity contribution in [3.05, 3.63) is 83.9 Å². The van der Waals surface area contributed by atoms with Gasteiger partial charge < -0.3 is 14.8 Å². The van der Waals surface area contributed by atoms with Crippen LogP contribution in [0.4, 0.5) is 0 Å². The minimum atomic E-state index is -1.26. The Balaban J connectivity index is 1.26. The maximum absolute atomic E-state index is 12.8. The van der Waals surface area contributed by atoms with Crippen LogP contribution in [0.2, 0.25) is 0 Å². The second-order valence-electron chi connectivity index (χ2n) is 8.79. The Labute approximate surface area is 203 Å². The lowest BCUT2D eigenvalue weighted by atomic mass is 10.0. The van der Waals surface area contributed by atoms with Gasteiger partial charge in [0.05, 0.1) is 0 Å². The highest BCUT2D eigenvalue weighted by molar-refractivity contribution is 6.09. The van der Waals surface area contributed by atoms with Gasteiger partial charge in [0, 0.05) is 29.2 Å². The van der Waals surface area contributed by atoms with Gasteiger partial charge in [-0.3, -0.25) is 9.59 Å². The number of para-hydroxylation sites is 1. The number of carbonyl (C=O) groups excluding carboxylic acids is 2. The van der Waals surface area contributed by atoms with Crippen LogP contribution in [-0.2, 0) is 16.0 Å². The van der Waals surface area contributed by atoms with Crippen LogP contribution in [0, 0.1) is 0 Å². The molecule has 1 aromatic heterocycles. The topological polar surface area (TPSA) is 96.6 Å². The van der Waals surface area contributed by atoms with Crippen molar-refractivity contribution in [2.45, 2.75) is 51.0 Å². The number of hydrogen-bond donors (Lipinski definition) is 2. The number of benzene rings is 3. The molecule has 0 spiro atoms. The Morgan fingerprint density at radius 1 is 0.800 bits per heavy atom. The van der Waals surface area contributed by atoms with E-state index in [9.17, 15) is 19.5 Å². The molecule has 4 aromatic rings. The number of nitrogens with one attached hydrogen (secondary N) is 1. The molecule has 0 fully saturated rings. The number of fused-ring (bicyclic) bond motifs is 3. The number of carboxylic acids is 1. The van der Waals surface area contributed by atoms with Gasteiger partial charge in [-0.25, -0.2) is 4.79 Å². The molecule has 1 unspecified atom stereocenters. The van der Waals surface area contributed by atoms with Crippen molar-refractivity contribution in [1.29, 1.82) is 0 Å². The van der Waals surface area contributed by atoms with Crippen molar-refractivity contribution in [3.8, 4) is 0 Å². The van der Waals surface area contributed by atoms with Gasteiger partial charge in [0.1, 0.15) is 17.2 Å². The molecule has 35 heavy (non-hydrogen) atoms. The van der Waals surface area contributed by atoms with Gasteiger partial charge in [0.25, 0.3) is 0 Å². The molecule has 0 aliphatic rings. The smallest absolute Gasteiger partial charge is 0.326 e. The summed E-state index contributed by atoms with van der Waals surface area (Å²) in [4.78, 5) is 36.9. The van der Waals surface area contributed by atoms with E-state index in [1.54, 1.807) is 18.2 Å². The average molecular weight is 472 g/mol. The van der Waals surface area contributed by atoms with Crippen molar-refractivity contribution in [2.75, 3.05) is 0 Å². The van der Waals surface area contributed by atoms with Crippen molar-refractivity contribution >= 4 is 39.6 Å². The van der Waals surface area contributed by atoms with E-state index in [1.165, 1.54) is 5.56 Å². The van der Waals surface area contributed by atoms with Crippen LogP contribution >= 0.6 is 0 Å². The molecule has 2 N–H and O–H groups in total. The summed E-state index contributed by atoms with van der Waals surface area (Å²) in [5, 5.41) is 13.8. The molecule has 4 rings (SSSR count). The summed E-state index contributed by atoms with van der Waals surface area (Å²) in [6, 6.07) is 21.6. The highest BCUT2D eigenvalue weighted by Gasteiger charge is 2.24. The second-order valence-corrected chi connectivity index (χ2v) is 8.79. The summed E-state index contributed by atoms with van der Waals surface area (Å²) >= 11 is 0. The molecule has 0 saturated carbocycles. The molecule has 3 aromatic carbocycles. The van der Waals surface area contributed by atoms with Crippen LogP contribution in [0.1, 0.15) is 54.4 Å². The number of Topliss-reactive ketones (excluding diaryl/α,β-unsaturated/α-hetero) is 1. The quantitative estimate of drug-likeness (QED) is 0.197. The number of rotatable bonds is 12. The van der Waals surface area contributed by atoms with Gasteiger partial charge in [-0.15, -0.1) is 0 Å². The first kappa shape index (κ1) is 24.2. The summed E-state index contributed by atoms with van der Waals surface area (Å²) in [5.41, 5.74) is 3.08. The van der Waals surface area contributed by atoms with E-state index in [2.05, 4.69) is 17.4 Å². The first-order valence-corrected chi connectivity index (χ1v) is 12.0. The third-order valence-corrected chi connectivity index (χ3v) is 6.18. The van der Waals surface area contributed by atoms with E-state index in [4.69, 9.17) is 4.42 Å².